The molecular formula is C14H18Cl2N2O. The van der Waals surface area contributed by atoms with E-state index in [1.54, 1.807) is 6.20 Å². The standard InChI is InChI=1S/C14H16N2O.2ClH/c1-2-6-14-11(4-1)8-13(9-16-14)17-10-12-5-3-7-15-12;;/h1-2,4,6,8-9,12,15H,3,5,7,10H2;2*1H/t12-;;/m1../s1. The van der Waals surface area contributed by atoms with E-state index in [4.69, 9.17) is 4.74 Å². The minimum absolute atomic E-state index is 0. The van der Waals surface area contributed by atoms with Gasteiger partial charge >= 0.3 is 0 Å². The minimum atomic E-state index is 0. The lowest BCUT2D eigenvalue weighted by Gasteiger charge is -2.12. The Balaban J connectivity index is 0.000000902. The topological polar surface area (TPSA) is 34.1 Å². The van der Waals surface area contributed by atoms with Crippen LogP contribution in [0.2, 0.25) is 0 Å². The van der Waals surface area contributed by atoms with Crippen molar-refractivity contribution >= 4 is 35.7 Å². The van der Waals surface area contributed by atoms with Crippen LogP contribution in [0.15, 0.2) is 36.5 Å². The van der Waals surface area contributed by atoms with Gasteiger partial charge < -0.3 is 10.1 Å². The van der Waals surface area contributed by atoms with Gasteiger partial charge in [0.05, 0.1) is 11.7 Å². The SMILES string of the molecule is Cl.Cl.c1ccc2ncc(OC[C@H]3CCCN3)cc2c1. The van der Waals surface area contributed by atoms with Gasteiger partial charge in [-0.25, -0.2) is 0 Å². The molecule has 1 N–H and O–H groups in total. The summed E-state index contributed by atoms with van der Waals surface area (Å²) in [6, 6.07) is 10.6. The van der Waals surface area contributed by atoms with Crippen LogP contribution in [0.25, 0.3) is 10.9 Å². The predicted molar refractivity (Wildman–Crippen MR) is 82.8 cm³/mol. The minimum Gasteiger partial charge on any atom is -0.490 e. The summed E-state index contributed by atoms with van der Waals surface area (Å²) in [5.41, 5.74) is 1.01. The van der Waals surface area contributed by atoms with Crippen LogP contribution in [-0.2, 0) is 0 Å². The van der Waals surface area contributed by atoms with Gasteiger partial charge in [-0.3, -0.25) is 4.98 Å². The van der Waals surface area contributed by atoms with Gasteiger partial charge in [-0.1, -0.05) is 18.2 Å². The van der Waals surface area contributed by atoms with Crippen molar-refractivity contribution < 1.29 is 4.74 Å². The van der Waals surface area contributed by atoms with Crippen molar-refractivity contribution in [3.05, 3.63) is 36.5 Å². The number of aromatic nitrogens is 1. The fraction of sp³-hybridized carbons (Fsp3) is 0.357. The molecule has 0 radical (unpaired) electrons. The van der Waals surface area contributed by atoms with Gasteiger partial charge in [-0.15, -0.1) is 24.8 Å². The molecule has 1 aliphatic rings. The van der Waals surface area contributed by atoms with Crippen LogP contribution in [-0.4, -0.2) is 24.2 Å². The molecule has 0 amide bonds. The molecule has 0 spiro atoms. The number of ether oxygens (including phenoxy) is 1. The summed E-state index contributed by atoms with van der Waals surface area (Å²) in [7, 11) is 0. The third kappa shape index (κ3) is 3.96. The highest BCUT2D eigenvalue weighted by Crippen LogP contribution is 2.18. The van der Waals surface area contributed by atoms with E-state index < -0.39 is 0 Å². The molecule has 5 heteroatoms. The highest BCUT2D eigenvalue weighted by molar-refractivity contribution is 5.85. The zero-order chi connectivity index (χ0) is 11.5. The number of nitrogens with zero attached hydrogens (tertiary/aromatic N) is 1. The molecule has 1 aromatic heterocycles. The first kappa shape index (κ1) is 16.0. The fourth-order valence-electron chi connectivity index (χ4n) is 2.23. The number of halogens is 2. The molecule has 1 atom stereocenters. The number of fused-ring (bicyclic) bond motifs is 1. The van der Waals surface area contributed by atoms with Crippen molar-refractivity contribution in [2.75, 3.05) is 13.2 Å². The molecular weight excluding hydrogens is 283 g/mol. The summed E-state index contributed by atoms with van der Waals surface area (Å²) < 4.78 is 5.77. The van der Waals surface area contributed by atoms with E-state index in [-0.39, 0.29) is 24.8 Å². The third-order valence-corrected chi connectivity index (χ3v) is 3.18. The third-order valence-electron chi connectivity index (χ3n) is 3.18. The van der Waals surface area contributed by atoms with Crippen LogP contribution in [0, 0.1) is 0 Å². The van der Waals surface area contributed by atoms with Crippen molar-refractivity contribution in [2.24, 2.45) is 0 Å². The summed E-state index contributed by atoms with van der Waals surface area (Å²) in [5.74, 6) is 0.859. The Labute approximate surface area is 125 Å². The monoisotopic (exact) mass is 300 g/mol. The Morgan fingerprint density at radius 3 is 2.89 bits per heavy atom. The van der Waals surface area contributed by atoms with Crippen LogP contribution in [0.1, 0.15) is 12.8 Å². The normalized spacial score (nSPS) is 17.6. The van der Waals surface area contributed by atoms with E-state index in [1.807, 2.05) is 18.2 Å². The van der Waals surface area contributed by atoms with E-state index in [0.717, 1.165) is 29.8 Å². The smallest absolute Gasteiger partial charge is 0.138 e. The van der Waals surface area contributed by atoms with Crippen molar-refractivity contribution in [1.82, 2.24) is 10.3 Å². The molecule has 1 aliphatic heterocycles. The molecule has 2 aromatic rings. The molecule has 0 aliphatic carbocycles. The maximum Gasteiger partial charge on any atom is 0.138 e. The lowest BCUT2D eigenvalue weighted by Crippen LogP contribution is -2.28. The first-order chi connectivity index (χ1) is 8.42. The Bertz CT molecular complexity index is 516. The van der Waals surface area contributed by atoms with E-state index >= 15 is 0 Å². The van der Waals surface area contributed by atoms with Gasteiger partial charge in [-0.05, 0) is 31.5 Å². The second-order valence-corrected chi connectivity index (χ2v) is 4.47. The van der Waals surface area contributed by atoms with Gasteiger partial charge in [0.1, 0.15) is 12.4 Å². The molecule has 2 heterocycles. The number of hydrogen-bond donors (Lipinski definition) is 1. The molecule has 3 rings (SSSR count). The molecule has 104 valence electrons. The second kappa shape index (κ2) is 7.53. The quantitative estimate of drug-likeness (QED) is 0.945. The average molecular weight is 301 g/mol. The van der Waals surface area contributed by atoms with E-state index in [0.29, 0.717) is 6.04 Å². The van der Waals surface area contributed by atoms with Crippen molar-refractivity contribution in [2.45, 2.75) is 18.9 Å². The van der Waals surface area contributed by atoms with Gasteiger partial charge in [-0.2, -0.15) is 0 Å². The van der Waals surface area contributed by atoms with E-state index in [2.05, 4.69) is 22.4 Å². The molecule has 0 bridgehead atoms. The molecule has 0 saturated carbocycles. The number of benzene rings is 1. The Morgan fingerprint density at radius 2 is 2.11 bits per heavy atom. The first-order valence-corrected chi connectivity index (χ1v) is 6.13. The maximum atomic E-state index is 5.77. The number of rotatable bonds is 3. The van der Waals surface area contributed by atoms with Gasteiger partial charge in [0.15, 0.2) is 0 Å². The van der Waals surface area contributed by atoms with Gasteiger partial charge in [0, 0.05) is 11.4 Å². The first-order valence-electron chi connectivity index (χ1n) is 6.13. The van der Waals surface area contributed by atoms with Crippen molar-refractivity contribution in [3.63, 3.8) is 0 Å². The molecule has 1 fully saturated rings. The van der Waals surface area contributed by atoms with Crippen LogP contribution in [0.5, 0.6) is 5.75 Å². The Hall–Kier alpha value is -1.03. The molecule has 1 aromatic carbocycles. The Kier molecular flexibility index (Phi) is 6.35. The number of nitrogens with one attached hydrogen (secondary N) is 1. The molecule has 19 heavy (non-hydrogen) atoms. The van der Waals surface area contributed by atoms with E-state index in [9.17, 15) is 0 Å². The number of para-hydroxylation sites is 1. The summed E-state index contributed by atoms with van der Waals surface area (Å²) >= 11 is 0. The van der Waals surface area contributed by atoms with Crippen LogP contribution >= 0.6 is 24.8 Å². The highest BCUT2D eigenvalue weighted by Gasteiger charge is 2.14. The largest absolute Gasteiger partial charge is 0.490 e. The summed E-state index contributed by atoms with van der Waals surface area (Å²) in [4.78, 5) is 4.38. The Morgan fingerprint density at radius 1 is 1.26 bits per heavy atom. The maximum absolute atomic E-state index is 5.77. The summed E-state index contributed by atoms with van der Waals surface area (Å²) in [6.45, 7) is 1.85. The summed E-state index contributed by atoms with van der Waals surface area (Å²) in [6.07, 6.45) is 4.27. The highest BCUT2D eigenvalue weighted by atomic mass is 35.5. The number of hydrogen-bond acceptors (Lipinski definition) is 3. The molecule has 3 nitrogen and oxygen atoms in total. The van der Waals surface area contributed by atoms with Crippen LogP contribution < -0.4 is 10.1 Å². The van der Waals surface area contributed by atoms with Gasteiger partial charge in [0.25, 0.3) is 0 Å². The zero-order valence-corrected chi connectivity index (χ0v) is 12.2. The lowest BCUT2D eigenvalue weighted by molar-refractivity contribution is 0.276. The van der Waals surface area contributed by atoms with E-state index in [1.165, 1.54) is 12.8 Å². The van der Waals surface area contributed by atoms with Crippen molar-refractivity contribution in [1.29, 1.82) is 0 Å². The predicted octanol–water partition coefficient (Wildman–Crippen LogP) is 3.21. The van der Waals surface area contributed by atoms with Gasteiger partial charge in [0.2, 0.25) is 0 Å². The molecule has 0 unspecified atom stereocenters. The lowest BCUT2D eigenvalue weighted by atomic mass is 10.2. The van der Waals surface area contributed by atoms with Crippen molar-refractivity contribution in [3.8, 4) is 5.75 Å². The zero-order valence-electron chi connectivity index (χ0n) is 10.5. The summed E-state index contributed by atoms with van der Waals surface area (Å²) in [5, 5.41) is 4.55. The fourth-order valence-corrected chi connectivity index (χ4v) is 2.23. The molecule has 1 saturated heterocycles. The second-order valence-electron chi connectivity index (χ2n) is 4.47. The average Bonchev–Trinajstić information content (AvgIpc) is 2.89. The van der Waals surface area contributed by atoms with Crippen LogP contribution in [0.3, 0.4) is 0 Å². The van der Waals surface area contributed by atoms with Crippen LogP contribution in [0.4, 0.5) is 0 Å². The number of pyridine rings is 1.